The molecule has 0 amide bonds. The first-order valence-electron chi connectivity index (χ1n) is 5.43. The van der Waals surface area contributed by atoms with E-state index < -0.39 is 11.7 Å². The van der Waals surface area contributed by atoms with E-state index in [2.05, 4.69) is 4.98 Å². The summed E-state index contributed by atoms with van der Waals surface area (Å²) in [4.78, 5) is 5.60. The molecule has 0 atom stereocenters. The van der Waals surface area contributed by atoms with Crippen LogP contribution in [0.3, 0.4) is 0 Å². The maximum absolute atomic E-state index is 12.5. The van der Waals surface area contributed by atoms with E-state index >= 15 is 0 Å². The molecule has 0 aliphatic carbocycles. The van der Waals surface area contributed by atoms with Crippen LogP contribution < -0.4 is 4.90 Å². The molecule has 0 saturated carbocycles. The summed E-state index contributed by atoms with van der Waals surface area (Å²) >= 11 is 11.4. The summed E-state index contributed by atoms with van der Waals surface area (Å²) in [5.41, 5.74) is -0.843. The van der Waals surface area contributed by atoms with Crippen LogP contribution in [0, 0.1) is 0 Å². The summed E-state index contributed by atoms with van der Waals surface area (Å²) in [7, 11) is 0. The van der Waals surface area contributed by atoms with Crippen LogP contribution in [0.5, 0.6) is 0 Å². The number of anilines is 1. The Kier molecular flexibility index (Phi) is 5.53. The average Bonchev–Trinajstić information content (AvgIpc) is 2.30. The van der Waals surface area contributed by atoms with E-state index in [1.165, 1.54) is 0 Å². The lowest BCUT2D eigenvalue weighted by atomic mass is 10.2. The molecule has 1 aromatic rings. The van der Waals surface area contributed by atoms with E-state index in [9.17, 15) is 13.2 Å². The molecular weight excluding hydrogens is 288 g/mol. The standard InChI is InChI=1S/C11H13Cl2F3N2/c1-2-18(5-3-4-12)10-9(13)6-8(7-17-10)11(14,15)16/h6-7H,2-5H2,1H3. The van der Waals surface area contributed by atoms with Crippen LogP contribution >= 0.6 is 23.2 Å². The summed E-state index contributed by atoms with van der Waals surface area (Å²) in [6, 6.07) is 0.896. The summed E-state index contributed by atoms with van der Waals surface area (Å²) in [6.07, 6.45) is -2.92. The van der Waals surface area contributed by atoms with Gasteiger partial charge in [0, 0.05) is 25.2 Å². The van der Waals surface area contributed by atoms with E-state index in [1.54, 1.807) is 4.90 Å². The van der Waals surface area contributed by atoms with Crippen molar-refractivity contribution in [3.63, 3.8) is 0 Å². The number of aromatic nitrogens is 1. The van der Waals surface area contributed by atoms with Crippen molar-refractivity contribution < 1.29 is 13.2 Å². The summed E-state index contributed by atoms with van der Waals surface area (Å²) in [6.45, 7) is 3.09. The van der Waals surface area contributed by atoms with Gasteiger partial charge in [-0.05, 0) is 19.4 Å². The zero-order chi connectivity index (χ0) is 13.8. The fourth-order valence-corrected chi connectivity index (χ4v) is 1.89. The van der Waals surface area contributed by atoms with E-state index in [4.69, 9.17) is 23.2 Å². The van der Waals surface area contributed by atoms with Gasteiger partial charge in [-0.3, -0.25) is 0 Å². The Bertz CT molecular complexity index is 396. The second-order valence-corrected chi connectivity index (χ2v) is 4.43. The van der Waals surface area contributed by atoms with Crippen molar-refractivity contribution in [3.05, 3.63) is 22.8 Å². The molecule has 0 bridgehead atoms. The molecule has 0 fully saturated rings. The molecule has 0 aromatic carbocycles. The fraction of sp³-hybridized carbons (Fsp3) is 0.545. The van der Waals surface area contributed by atoms with Gasteiger partial charge >= 0.3 is 6.18 Å². The molecule has 0 radical (unpaired) electrons. The Hall–Kier alpha value is -0.680. The maximum Gasteiger partial charge on any atom is 0.417 e. The van der Waals surface area contributed by atoms with Crippen LogP contribution in [0.15, 0.2) is 12.3 Å². The van der Waals surface area contributed by atoms with Gasteiger partial charge in [0.15, 0.2) is 0 Å². The normalized spacial score (nSPS) is 11.7. The van der Waals surface area contributed by atoms with Crippen LogP contribution in [0.1, 0.15) is 18.9 Å². The maximum atomic E-state index is 12.5. The van der Waals surface area contributed by atoms with Crippen molar-refractivity contribution in [1.82, 2.24) is 4.98 Å². The topological polar surface area (TPSA) is 16.1 Å². The summed E-state index contributed by atoms with van der Waals surface area (Å²) in [5.74, 6) is 0.840. The van der Waals surface area contributed by atoms with Gasteiger partial charge in [0.25, 0.3) is 0 Å². The van der Waals surface area contributed by atoms with Crippen molar-refractivity contribution in [3.8, 4) is 0 Å². The van der Waals surface area contributed by atoms with Gasteiger partial charge in [-0.15, -0.1) is 11.6 Å². The van der Waals surface area contributed by atoms with E-state index in [0.717, 1.165) is 12.3 Å². The minimum Gasteiger partial charge on any atom is -0.356 e. The molecule has 1 aromatic heterocycles. The number of hydrogen-bond donors (Lipinski definition) is 0. The van der Waals surface area contributed by atoms with Gasteiger partial charge in [-0.1, -0.05) is 11.6 Å². The Balaban J connectivity index is 2.96. The van der Waals surface area contributed by atoms with Gasteiger partial charge in [0.1, 0.15) is 5.82 Å². The van der Waals surface area contributed by atoms with Crippen molar-refractivity contribution in [2.24, 2.45) is 0 Å². The lowest BCUT2D eigenvalue weighted by molar-refractivity contribution is -0.137. The number of pyridine rings is 1. The van der Waals surface area contributed by atoms with Gasteiger partial charge in [0.2, 0.25) is 0 Å². The third kappa shape index (κ3) is 3.92. The van der Waals surface area contributed by atoms with Gasteiger partial charge in [0.05, 0.1) is 10.6 Å². The van der Waals surface area contributed by atoms with Crippen LogP contribution in [0.25, 0.3) is 0 Å². The first-order valence-corrected chi connectivity index (χ1v) is 6.35. The molecular formula is C11H13Cl2F3N2. The van der Waals surface area contributed by atoms with E-state index in [-0.39, 0.29) is 5.02 Å². The number of nitrogens with zero attached hydrogens (tertiary/aromatic N) is 2. The largest absolute Gasteiger partial charge is 0.417 e. The van der Waals surface area contributed by atoms with Crippen molar-refractivity contribution >= 4 is 29.0 Å². The predicted octanol–water partition coefficient (Wildman–Crippen LogP) is 4.21. The molecule has 1 heterocycles. The lowest BCUT2D eigenvalue weighted by Crippen LogP contribution is -2.25. The average molecular weight is 301 g/mol. The van der Waals surface area contributed by atoms with E-state index in [0.29, 0.717) is 31.2 Å². The monoisotopic (exact) mass is 300 g/mol. The van der Waals surface area contributed by atoms with Crippen LogP contribution in [0.2, 0.25) is 5.02 Å². The predicted molar refractivity (Wildman–Crippen MR) is 67.5 cm³/mol. The molecule has 0 unspecified atom stereocenters. The second kappa shape index (κ2) is 6.48. The second-order valence-electron chi connectivity index (χ2n) is 3.65. The van der Waals surface area contributed by atoms with Crippen LogP contribution in [-0.2, 0) is 6.18 Å². The summed E-state index contributed by atoms with van der Waals surface area (Å²) in [5, 5.41) is 0.00116. The number of alkyl halides is 4. The number of rotatable bonds is 5. The highest BCUT2D eigenvalue weighted by Crippen LogP contribution is 2.33. The first-order chi connectivity index (χ1) is 8.40. The number of halogens is 5. The van der Waals surface area contributed by atoms with Crippen LogP contribution in [-0.4, -0.2) is 24.0 Å². The molecule has 1 rings (SSSR count). The smallest absolute Gasteiger partial charge is 0.356 e. The molecule has 0 aliphatic heterocycles. The van der Waals surface area contributed by atoms with Crippen molar-refractivity contribution in [1.29, 1.82) is 0 Å². The Labute approximate surface area is 114 Å². The Morgan fingerprint density at radius 3 is 2.50 bits per heavy atom. The Morgan fingerprint density at radius 1 is 1.39 bits per heavy atom. The first kappa shape index (κ1) is 15.4. The van der Waals surface area contributed by atoms with Gasteiger partial charge < -0.3 is 4.90 Å². The molecule has 0 aliphatic rings. The zero-order valence-corrected chi connectivity index (χ0v) is 11.3. The molecule has 102 valence electrons. The molecule has 7 heteroatoms. The molecule has 18 heavy (non-hydrogen) atoms. The highest BCUT2D eigenvalue weighted by atomic mass is 35.5. The zero-order valence-electron chi connectivity index (χ0n) is 9.77. The van der Waals surface area contributed by atoms with Gasteiger partial charge in [-0.2, -0.15) is 13.2 Å². The van der Waals surface area contributed by atoms with Crippen molar-refractivity contribution in [2.75, 3.05) is 23.9 Å². The highest BCUT2D eigenvalue weighted by Gasteiger charge is 2.31. The van der Waals surface area contributed by atoms with Crippen molar-refractivity contribution in [2.45, 2.75) is 19.5 Å². The highest BCUT2D eigenvalue weighted by molar-refractivity contribution is 6.33. The molecule has 0 saturated heterocycles. The fourth-order valence-electron chi connectivity index (χ4n) is 1.48. The molecule has 0 spiro atoms. The molecule has 2 nitrogen and oxygen atoms in total. The third-order valence-corrected chi connectivity index (χ3v) is 2.94. The minimum absolute atomic E-state index is 0.00116. The summed E-state index contributed by atoms with van der Waals surface area (Å²) < 4.78 is 37.4. The quantitative estimate of drug-likeness (QED) is 0.757. The molecule has 0 N–H and O–H groups in total. The Morgan fingerprint density at radius 2 is 2.06 bits per heavy atom. The van der Waals surface area contributed by atoms with E-state index in [1.807, 2.05) is 6.92 Å². The number of hydrogen-bond acceptors (Lipinski definition) is 2. The van der Waals surface area contributed by atoms with Crippen LogP contribution in [0.4, 0.5) is 19.0 Å². The lowest BCUT2D eigenvalue weighted by Gasteiger charge is -2.23. The van der Waals surface area contributed by atoms with Gasteiger partial charge in [-0.25, -0.2) is 4.98 Å². The SMILES string of the molecule is CCN(CCCCl)c1ncc(C(F)(F)F)cc1Cl. The minimum atomic E-state index is -4.43. The third-order valence-electron chi connectivity index (χ3n) is 2.39.